The van der Waals surface area contributed by atoms with Crippen LogP contribution < -0.4 is 37.6 Å². The highest BCUT2D eigenvalue weighted by Crippen LogP contribution is 2.15. The molecule has 383 valence electrons. The highest BCUT2D eigenvalue weighted by molar-refractivity contribution is 5.96. The van der Waals surface area contributed by atoms with Crippen molar-refractivity contribution in [2.45, 2.75) is 212 Å². The molecule has 18 heteroatoms. The maximum atomic E-state index is 14.0. The van der Waals surface area contributed by atoms with E-state index in [1.54, 1.807) is 43.5 Å². The molecule has 1 radical (unpaired) electrons. The topological polar surface area (TPSA) is 292 Å². The number of carboxylic acids is 2. The number of unbranched alkanes of at least 4 members (excludes halogenated alkanes) is 13. The molecule has 0 spiro atoms. The summed E-state index contributed by atoms with van der Waals surface area (Å²) in [7, 11) is 0. The molecule has 0 saturated carbocycles. The van der Waals surface area contributed by atoms with Crippen LogP contribution in [0.2, 0.25) is 0 Å². The Hall–Kier alpha value is -5.39. The van der Waals surface area contributed by atoms with Gasteiger partial charge in [-0.05, 0) is 63.5 Å². The number of hydrogen-bond donors (Lipinski definition) is 9. The van der Waals surface area contributed by atoms with Gasteiger partial charge in [0.25, 0.3) is 0 Å². The van der Waals surface area contributed by atoms with Crippen molar-refractivity contribution in [3.63, 3.8) is 0 Å². The second-order valence-electron chi connectivity index (χ2n) is 17.9. The molecule has 0 heterocycles. The van der Waals surface area contributed by atoms with Gasteiger partial charge in [0.1, 0.15) is 30.2 Å². The zero-order chi connectivity index (χ0) is 50.7. The van der Waals surface area contributed by atoms with E-state index in [4.69, 9.17) is 5.73 Å². The molecule has 10 N–H and O–H groups in total. The van der Waals surface area contributed by atoms with Crippen molar-refractivity contribution in [2.24, 2.45) is 11.7 Å². The Kier molecular flexibility index (Phi) is 32.7. The maximum Gasteiger partial charge on any atom is 0.326 e. The lowest BCUT2D eigenvalue weighted by molar-refractivity contribution is -0.142. The van der Waals surface area contributed by atoms with Gasteiger partial charge in [-0.2, -0.15) is 0 Å². The largest absolute Gasteiger partial charge is 0.481 e. The van der Waals surface area contributed by atoms with E-state index < -0.39 is 102 Å². The van der Waals surface area contributed by atoms with Gasteiger partial charge in [0.05, 0.1) is 6.04 Å². The zero-order valence-corrected chi connectivity index (χ0v) is 41.0. The summed E-state index contributed by atoms with van der Waals surface area (Å²) in [6.07, 6.45) is 16.5. The van der Waals surface area contributed by atoms with Crippen molar-refractivity contribution in [3.05, 3.63) is 35.9 Å². The van der Waals surface area contributed by atoms with Gasteiger partial charge in [-0.15, -0.1) is 0 Å². The molecule has 0 aromatic heterocycles. The third kappa shape index (κ3) is 27.4. The Bertz CT molecular complexity index is 1680. The van der Waals surface area contributed by atoms with Crippen molar-refractivity contribution >= 4 is 53.7 Å². The van der Waals surface area contributed by atoms with E-state index in [1.165, 1.54) is 58.3 Å². The smallest absolute Gasteiger partial charge is 0.326 e. The summed E-state index contributed by atoms with van der Waals surface area (Å²) in [5.74, 6) is -7.23. The minimum absolute atomic E-state index is 0.0552. The minimum Gasteiger partial charge on any atom is -0.481 e. The van der Waals surface area contributed by atoms with E-state index in [1.807, 2.05) is 6.92 Å². The molecular weight excluding hydrogens is 875 g/mol. The summed E-state index contributed by atoms with van der Waals surface area (Å²) >= 11 is 0. The molecular formula is C50H82N7O11. The van der Waals surface area contributed by atoms with Crippen LogP contribution in [0.3, 0.4) is 0 Å². The van der Waals surface area contributed by atoms with Gasteiger partial charge in [-0.1, -0.05) is 135 Å². The first-order valence-electron chi connectivity index (χ1n) is 24.9. The summed E-state index contributed by atoms with van der Waals surface area (Å²) in [5, 5.41) is 34.8. The standard InChI is InChI=1S/C50H82N7O11/c1-5-7-8-9-10-11-12-13-14-15-16-17-21-27-42(59)54-40(50(67)68)28-30-43(60)53-38(26-22-23-32-51)46(63)55-39(29-31-44(61)62)47(64)56-41(33-37-24-19-18-20-25-37)48(65)57-45(35(3)6-2)49(66)52-36(4)34-58/h18-20,24-25,35-36,38-41,45H,5-17,21-23,26-33,51H2,1-4H3,(H,52,66)(H,53,60)(H,54,59)(H,55,63)(H,56,64)(H,57,65)(H,61,62)(H,67,68)/t35-,36-,38-,39-,40-,41-,45-/m0/s1. The lowest BCUT2D eigenvalue weighted by Crippen LogP contribution is -2.60. The maximum absolute atomic E-state index is 14.0. The van der Waals surface area contributed by atoms with Crippen molar-refractivity contribution in [3.8, 4) is 0 Å². The number of aliphatic carboxylic acids is 2. The SMILES string of the molecule is CCCCCCCCCCCCCCCC(=O)N[C@@H](CCC(=O)N[C@@H](CCCCN)C(=O)N[C@@H](CCC(=O)O)C(=O)N[C@@H](Cc1ccccc1)C(=O)N[C@H](C(=O)N[C@@H](C)[C]=O)[C@@H](C)CC)C(=O)O. The summed E-state index contributed by atoms with van der Waals surface area (Å²) in [6.45, 7) is 7.47. The molecule has 18 nitrogen and oxygen atoms in total. The number of hydrogen-bond acceptors (Lipinski definition) is 10. The van der Waals surface area contributed by atoms with Crippen LogP contribution in [0.5, 0.6) is 0 Å². The molecule has 0 aliphatic carbocycles. The molecule has 0 bridgehead atoms. The first-order chi connectivity index (χ1) is 32.6. The predicted octanol–water partition coefficient (Wildman–Crippen LogP) is 4.65. The number of benzene rings is 1. The summed E-state index contributed by atoms with van der Waals surface area (Å²) in [5.41, 5.74) is 6.32. The molecule has 7 atom stereocenters. The zero-order valence-electron chi connectivity index (χ0n) is 41.0. The average molecular weight is 957 g/mol. The molecule has 6 amide bonds. The third-order valence-corrected chi connectivity index (χ3v) is 11.9. The minimum atomic E-state index is -1.50. The van der Waals surface area contributed by atoms with E-state index in [0.717, 1.165) is 25.7 Å². The van der Waals surface area contributed by atoms with Gasteiger partial charge in [-0.25, -0.2) is 4.79 Å². The molecule has 0 fully saturated rings. The molecule has 0 aliphatic rings. The summed E-state index contributed by atoms with van der Waals surface area (Å²) in [6, 6.07) is 1.19. The first kappa shape index (κ1) is 60.6. The summed E-state index contributed by atoms with van der Waals surface area (Å²) < 4.78 is 0. The van der Waals surface area contributed by atoms with Gasteiger partial charge >= 0.3 is 11.9 Å². The molecule has 0 aliphatic heterocycles. The number of rotatable bonds is 40. The second-order valence-corrected chi connectivity index (χ2v) is 17.9. The normalized spacial score (nSPS) is 14.1. The molecule has 1 aromatic rings. The van der Waals surface area contributed by atoms with E-state index in [-0.39, 0.29) is 38.6 Å². The van der Waals surface area contributed by atoms with Gasteiger partial charge in [0.15, 0.2) is 0 Å². The number of carbonyl (C=O) groups excluding carboxylic acids is 7. The number of carbonyl (C=O) groups is 8. The van der Waals surface area contributed by atoms with Crippen LogP contribution in [0.1, 0.15) is 175 Å². The van der Waals surface area contributed by atoms with Crippen molar-refractivity contribution in [1.82, 2.24) is 31.9 Å². The van der Waals surface area contributed by atoms with Gasteiger partial charge in [0.2, 0.25) is 41.7 Å². The van der Waals surface area contributed by atoms with E-state index in [9.17, 15) is 53.4 Å². The van der Waals surface area contributed by atoms with Gasteiger partial charge in [0, 0.05) is 25.7 Å². The van der Waals surface area contributed by atoms with Crippen LogP contribution in [0.4, 0.5) is 0 Å². The van der Waals surface area contributed by atoms with Crippen LogP contribution in [0.15, 0.2) is 30.3 Å². The fraction of sp³-hybridized carbons (Fsp3) is 0.700. The lowest BCUT2D eigenvalue weighted by Gasteiger charge is -2.28. The van der Waals surface area contributed by atoms with Crippen LogP contribution in [0.25, 0.3) is 0 Å². The van der Waals surface area contributed by atoms with Gasteiger partial charge < -0.3 is 47.8 Å². The molecule has 1 aromatic carbocycles. The van der Waals surface area contributed by atoms with Crippen molar-refractivity contribution < 1.29 is 53.4 Å². The molecule has 1 rings (SSSR count). The second kappa shape index (κ2) is 36.6. The average Bonchev–Trinajstić information content (AvgIpc) is 3.31. The number of carboxylic acid groups (broad SMARTS) is 2. The van der Waals surface area contributed by atoms with Gasteiger partial charge in [-0.3, -0.25) is 38.4 Å². The Balaban J connectivity index is 3.02. The highest BCUT2D eigenvalue weighted by Gasteiger charge is 2.34. The van der Waals surface area contributed by atoms with E-state index in [2.05, 4.69) is 38.8 Å². The van der Waals surface area contributed by atoms with Crippen molar-refractivity contribution in [2.75, 3.05) is 6.54 Å². The fourth-order valence-electron chi connectivity index (χ4n) is 7.56. The molecule has 68 heavy (non-hydrogen) atoms. The number of nitrogens with two attached hydrogens (primary N) is 1. The van der Waals surface area contributed by atoms with E-state index in [0.29, 0.717) is 31.2 Å². The van der Waals surface area contributed by atoms with Crippen LogP contribution in [0, 0.1) is 5.92 Å². The Morgan fingerprint density at radius 1 is 0.544 bits per heavy atom. The highest BCUT2D eigenvalue weighted by atomic mass is 16.4. The van der Waals surface area contributed by atoms with Crippen LogP contribution >= 0.6 is 0 Å². The van der Waals surface area contributed by atoms with E-state index >= 15 is 0 Å². The Morgan fingerprint density at radius 2 is 1.04 bits per heavy atom. The molecule has 0 saturated heterocycles. The Morgan fingerprint density at radius 3 is 1.57 bits per heavy atom. The number of nitrogens with one attached hydrogen (secondary N) is 6. The Labute approximate surface area is 403 Å². The predicted molar refractivity (Wildman–Crippen MR) is 260 cm³/mol. The summed E-state index contributed by atoms with van der Waals surface area (Å²) in [4.78, 5) is 116. The van der Waals surface area contributed by atoms with Crippen LogP contribution in [-0.4, -0.2) is 107 Å². The third-order valence-electron chi connectivity index (χ3n) is 11.9. The molecule has 0 unspecified atom stereocenters. The van der Waals surface area contributed by atoms with Crippen molar-refractivity contribution in [1.29, 1.82) is 0 Å². The first-order valence-corrected chi connectivity index (χ1v) is 24.9. The number of amides is 6. The lowest BCUT2D eigenvalue weighted by atomic mass is 9.96. The monoisotopic (exact) mass is 957 g/mol. The fourth-order valence-corrected chi connectivity index (χ4v) is 7.56. The quantitative estimate of drug-likeness (QED) is 0.0407. The van der Waals surface area contributed by atoms with Crippen LogP contribution in [-0.2, 0) is 49.6 Å².